The molecule has 0 fully saturated rings. The van der Waals surface area contributed by atoms with E-state index < -0.39 is 11.6 Å². The quantitative estimate of drug-likeness (QED) is 0.519. The van der Waals surface area contributed by atoms with Crippen LogP contribution in [0.3, 0.4) is 0 Å². The zero-order valence-corrected chi connectivity index (χ0v) is 12.7. The van der Waals surface area contributed by atoms with Crippen molar-refractivity contribution in [1.82, 2.24) is 19.6 Å². The van der Waals surface area contributed by atoms with Crippen LogP contribution in [-0.4, -0.2) is 19.6 Å². The van der Waals surface area contributed by atoms with Crippen molar-refractivity contribution in [2.45, 2.75) is 0 Å². The number of benzene rings is 2. The Morgan fingerprint density at radius 1 is 1.00 bits per heavy atom. The standard InChI is InChI=1S/C18H10F2N4O/c19-13-3-1-10(8-14(13)20)16-17(24-5-6-25-18(24)22-16)11-2-4-15-12(7-11)9-21-23-15/h1-9H,(H,21,23). The molecule has 2 aromatic carbocycles. The molecule has 25 heavy (non-hydrogen) atoms. The molecule has 5 aromatic rings. The van der Waals surface area contributed by atoms with Crippen LogP contribution >= 0.6 is 0 Å². The molecule has 0 radical (unpaired) electrons. The molecule has 0 atom stereocenters. The highest BCUT2D eigenvalue weighted by molar-refractivity contribution is 5.88. The number of halogens is 2. The first-order valence-electron chi connectivity index (χ1n) is 7.55. The fourth-order valence-electron chi connectivity index (χ4n) is 3.00. The van der Waals surface area contributed by atoms with E-state index >= 15 is 0 Å². The van der Waals surface area contributed by atoms with Gasteiger partial charge in [-0.1, -0.05) is 6.07 Å². The van der Waals surface area contributed by atoms with Crippen molar-refractivity contribution in [1.29, 1.82) is 0 Å². The van der Waals surface area contributed by atoms with E-state index in [1.165, 1.54) is 12.3 Å². The fourth-order valence-corrected chi connectivity index (χ4v) is 3.00. The molecule has 0 aliphatic carbocycles. The highest BCUT2D eigenvalue weighted by Crippen LogP contribution is 2.34. The lowest BCUT2D eigenvalue weighted by Crippen LogP contribution is -1.90. The van der Waals surface area contributed by atoms with Crippen molar-refractivity contribution < 1.29 is 13.2 Å². The number of oxazole rings is 1. The number of nitrogens with zero attached hydrogens (tertiary/aromatic N) is 3. The molecule has 3 aromatic heterocycles. The predicted molar refractivity (Wildman–Crippen MR) is 87.9 cm³/mol. The maximum absolute atomic E-state index is 13.7. The van der Waals surface area contributed by atoms with E-state index in [9.17, 15) is 8.78 Å². The molecular formula is C18H10F2N4O. The lowest BCUT2D eigenvalue weighted by Gasteiger charge is -2.05. The summed E-state index contributed by atoms with van der Waals surface area (Å²) in [6.07, 6.45) is 4.99. The summed E-state index contributed by atoms with van der Waals surface area (Å²) in [4.78, 5) is 4.44. The van der Waals surface area contributed by atoms with Crippen molar-refractivity contribution in [3.05, 3.63) is 66.7 Å². The summed E-state index contributed by atoms with van der Waals surface area (Å²) >= 11 is 0. The van der Waals surface area contributed by atoms with Gasteiger partial charge in [-0.2, -0.15) is 10.1 Å². The van der Waals surface area contributed by atoms with E-state index in [4.69, 9.17) is 4.42 Å². The van der Waals surface area contributed by atoms with Gasteiger partial charge in [-0.25, -0.2) is 8.78 Å². The van der Waals surface area contributed by atoms with Gasteiger partial charge in [0.25, 0.3) is 0 Å². The van der Waals surface area contributed by atoms with Crippen LogP contribution in [0.15, 0.2) is 59.5 Å². The van der Waals surface area contributed by atoms with Crippen LogP contribution in [0.5, 0.6) is 0 Å². The van der Waals surface area contributed by atoms with Gasteiger partial charge < -0.3 is 4.42 Å². The van der Waals surface area contributed by atoms with Crippen LogP contribution in [0.2, 0.25) is 0 Å². The first-order chi connectivity index (χ1) is 12.2. The number of imidazole rings is 1. The zero-order chi connectivity index (χ0) is 17.0. The Hall–Kier alpha value is -3.48. The van der Waals surface area contributed by atoms with Gasteiger partial charge in [-0.3, -0.25) is 9.50 Å². The smallest absolute Gasteiger partial charge is 0.306 e. The molecule has 0 amide bonds. The highest BCUT2D eigenvalue weighted by atomic mass is 19.2. The average Bonchev–Trinajstić information content (AvgIpc) is 3.31. The minimum Gasteiger partial charge on any atom is -0.432 e. The van der Waals surface area contributed by atoms with Crippen molar-refractivity contribution in [3.63, 3.8) is 0 Å². The largest absolute Gasteiger partial charge is 0.432 e. The van der Waals surface area contributed by atoms with Crippen LogP contribution in [-0.2, 0) is 0 Å². The number of hydrogen-bond acceptors (Lipinski definition) is 3. The summed E-state index contributed by atoms with van der Waals surface area (Å²) in [6.45, 7) is 0. The molecule has 0 bridgehead atoms. The minimum absolute atomic E-state index is 0.377. The van der Waals surface area contributed by atoms with Crippen molar-refractivity contribution in [2.24, 2.45) is 0 Å². The van der Waals surface area contributed by atoms with Crippen molar-refractivity contribution in [2.75, 3.05) is 0 Å². The SMILES string of the molecule is Fc1ccc(-c2nc3occn3c2-c2ccc3[nH]ncc3c2)cc1F. The number of fused-ring (bicyclic) bond motifs is 2. The van der Waals surface area contributed by atoms with Gasteiger partial charge in [-0.05, 0) is 30.3 Å². The van der Waals surface area contributed by atoms with Gasteiger partial charge in [0, 0.05) is 22.7 Å². The molecule has 7 heteroatoms. The van der Waals surface area contributed by atoms with Crippen LogP contribution in [0.1, 0.15) is 0 Å². The predicted octanol–water partition coefficient (Wildman–Crippen LogP) is 4.42. The molecule has 122 valence electrons. The average molecular weight is 336 g/mol. The molecule has 0 aliphatic rings. The molecular weight excluding hydrogens is 326 g/mol. The third-order valence-electron chi connectivity index (χ3n) is 4.17. The van der Waals surface area contributed by atoms with E-state index in [1.54, 1.807) is 16.8 Å². The maximum atomic E-state index is 13.7. The first-order valence-corrected chi connectivity index (χ1v) is 7.55. The van der Waals surface area contributed by atoms with E-state index in [-0.39, 0.29) is 0 Å². The first kappa shape index (κ1) is 13.9. The van der Waals surface area contributed by atoms with Crippen LogP contribution in [0.25, 0.3) is 39.3 Å². The van der Waals surface area contributed by atoms with Crippen LogP contribution in [0.4, 0.5) is 8.78 Å². The molecule has 0 spiro atoms. The molecule has 5 nitrogen and oxygen atoms in total. The van der Waals surface area contributed by atoms with E-state index in [1.807, 2.05) is 18.2 Å². The summed E-state index contributed by atoms with van der Waals surface area (Å²) in [5.74, 6) is -1.44. The van der Waals surface area contributed by atoms with Crippen LogP contribution < -0.4 is 0 Å². The Bertz CT molecular complexity index is 1230. The second-order valence-electron chi connectivity index (χ2n) is 5.67. The highest BCUT2D eigenvalue weighted by Gasteiger charge is 2.19. The molecule has 0 unspecified atom stereocenters. The summed E-state index contributed by atoms with van der Waals surface area (Å²) in [6, 6.07) is 9.51. The Kier molecular flexibility index (Phi) is 2.79. The molecule has 3 heterocycles. The van der Waals surface area contributed by atoms with Gasteiger partial charge in [0.2, 0.25) is 0 Å². The Morgan fingerprint density at radius 3 is 2.76 bits per heavy atom. The summed E-state index contributed by atoms with van der Waals surface area (Å²) in [7, 11) is 0. The van der Waals surface area contributed by atoms with E-state index in [0.717, 1.165) is 34.3 Å². The lowest BCUT2D eigenvalue weighted by molar-refractivity contribution is 0.509. The number of nitrogens with one attached hydrogen (secondary N) is 1. The van der Waals surface area contributed by atoms with Gasteiger partial charge in [-0.15, -0.1) is 0 Å². The van der Waals surface area contributed by atoms with E-state index in [2.05, 4.69) is 15.2 Å². The molecule has 0 saturated heterocycles. The van der Waals surface area contributed by atoms with Gasteiger partial charge >= 0.3 is 5.84 Å². The summed E-state index contributed by atoms with van der Waals surface area (Å²) in [5, 5.41) is 7.86. The molecule has 5 rings (SSSR count). The third kappa shape index (κ3) is 2.06. The van der Waals surface area contributed by atoms with Gasteiger partial charge in [0.15, 0.2) is 11.6 Å². The Labute approximate surface area is 139 Å². The van der Waals surface area contributed by atoms with Crippen molar-refractivity contribution in [3.8, 4) is 22.5 Å². The summed E-state index contributed by atoms with van der Waals surface area (Å²) < 4.78 is 34.1. The Morgan fingerprint density at radius 2 is 1.88 bits per heavy atom. The Balaban J connectivity index is 1.80. The molecule has 0 aliphatic heterocycles. The number of rotatable bonds is 2. The van der Waals surface area contributed by atoms with E-state index in [0.29, 0.717) is 17.1 Å². The lowest BCUT2D eigenvalue weighted by atomic mass is 10.0. The maximum Gasteiger partial charge on any atom is 0.306 e. The number of aromatic nitrogens is 4. The number of hydrogen-bond donors (Lipinski definition) is 1. The van der Waals surface area contributed by atoms with Gasteiger partial charge in [0.1, 0.15) is 12.0 Å². The second-order valence-corrected chi connectivity index (χ2v) is 5.67. The normalized spacial score (nSPS) is 11.6. The summed E-state index contributed by atoms with van der Waals surface area (Å²) in [5.41, 5.74) is 3.49. The second kappa shape index (κ2) is 5.01. The van der Waals surface area contributed by atoms with Crippen LogP contribution in [0, 0.1) is 11.6 Å². The third-order valence-corrected chi connectivity index (χ3v) is 4.17. The minimum atomic E-state index is -0.918. The zero-order valence-electron chi connectivity index (χ0n) is 12.7. The number of H-pyrrole nitrogens is 1. The molecule has 0 saturated carbocycles. The monoisotopic (exact) mass is 336 g/mol. The van der Waals surface area contributed by atoms with Crippen molar-refractivity contribution >= 4 is 16.7 Å². The fraction of sp³-hybridized carbons (Fsp3) is 0. The topological polar surface area (TPSA) is 59.1 Å². The number of aromatic amines is 1. The van der Waals surface area contributed by atoms with Gasteiger partial charge in [0.05, 0.1) is 17.4 Å². The molecule has 1 N–H and O–H groups in total.